The molecule has 0 radical (unpaired) electrons. The van der Waals surface area contributed by atoms with Crippen molar-refractivity contribution in [3.8, 4) is 0 Å². The number of benzene rings is 1. The van der Waals surface area contributed by atoms with Gasteiger partial charge >= 0.3 is 0 Å². The van der Waals surface area contributed by atoms with Crippen molar-refractivity contribution in [3.63, 3.8) is 0 Å². The zero-order chi connectivity index (χ0) is 14.4. The molecular formula is C15H18FN3OS. The van der Waals surface area contributed by atoms with Crippen molar-refractivity contribution in [2.45, 2.75) is 6.04 Å². The van der Waals surface area contributed by atoms with Crippen LogP contribution >= 0.6 is 12.2 Å². The predicted octanol–water partition coefficient (Wildman–Crippen LogP) is 1.54. The number of hydrogen-bond donors (Lipinski definition) is 1. The number of hydrogen-bond acceptors (Lipinski definition) is 3. The zero-order valence-electron chi connectivity index (χ0n) is 11.7. The molecule has 112 valence electrons. The summed E-state index contributed by atoms with van der Waals surface area (Å²) in [5.41, 5.74) is 1.13. The molecule has 1 aromatic carbocycles. The van der Waals surface area contributed by atoms with Gasteiger partial charge in [0.2, 0.25) is 0 Å². The van der Waals surface area contributed by atoms with Gasteiger partial charge in [-0.1, -0.05) is 6.07 Å². The van der Waals surface area contributed by atoms with E-state index in [0.29, 0.717) is 22.3 Å². The van der Waals surface area contributed by atoms with E-state index in [1.807, 2.05) is 6.07 Å². The Morgan fingerprint density at radius 2 is 2.05 bits per heavy atom. The highest BCUT2D eigenvalue weighted by atomic mass is 32.1. The molecule has 0 saturated carbocycles. The Hall–Kier alpha value is -1.24. The minimum Gasteiger partial charge on any atom is -0.378 e. The number of likely N-dealkylation sites (tertiary alicyclic amines) is 2. The quantitative estimate of drug-likeness (QED) is 0.837. The van der Waals surface area contributed by atoms with Gasteiger partial charge in [0.1, 0.15) is 5.82 Å². The molecule has 4 rings (SSSR count). The molecule has 0 amide bonds. The predicted molar refractivity (Wildman–Crippen MR) is 82.8 cm³/mol. The lowest BCUT2D eigenvalue weighted by molar-refractivity contribution is -0.162. The molecule has 0 aliphatic carbocycles. The molecular weight excluding hydrogens is 289 g/mol. The molecule has 3 aliphatic heterocycles. The Labute approximate surface area is 128 Å². The van der Waals surface area contributed by atoms with Gasteiger partial charge in [0.25, 0.3) is 0 Å². The maximum atomic E-state index is 13.1. The summed E-state index contributed by atoms with van der Waals surface area (Å²) in [6.07, 6.45) is 0. The first-order valence-electron chi connectivity index (χ1n) is 7.27. The Kier molecular flexibility index (Phi) is 3.13. The fourth-order valence-corrected chi connectivity index (χ4v) is 3.63. The second kappa shape index (κ2) is 4.90. The number of anilines is 1. The van der Waals surface area contributed by atoms with Gasteiger partial charge in [0.15, 0.2) is 5.11 Å². The largest absolute Gasteiger partial charge is 0.378 e. The van der Waals surface area contributed by atoms with Crippen LogP contribution in [0.25, 0.3) is 0 Å². The third kappa shape index (κ3) is 2.41. The van der Waals surface area contributed by atoms with E-state index in [1.165, 1.54) is 12.1 Å². The lowest BCUT2D eigenvalue weighted by Crippen LogP contribution is -2.76. The molecule has 3 saturated heterocycles. The number of rotatable bonds is 2. The van der Waals surface area contributed by atoms with E-state index < -0.39 is 0 Å². The molecule has 0 bridgehead atoms. The summed E-state index contributed by atoms with van der Waals surface area (Å²) in [6, 6.07) is 7.04. The standard InChI is InChI=1S/C15H18FN3OS/c16-11-2-1-3-12(4-11)17-14(21)19-9-15(10-19)7-18(8-15)13-5-20-6-13/h1-4,13H,5-10H2,(H,17,21). The van der Waals surface area contributed by atoms with E-state index in [0.717, 1.165) is 39.4 Å². The Morgan fingerprint density at radius 1 is 1.29 bits per heavy atom. The Balaban J connectivity index is 1.27. The summed E-state index contributed by atoms with van der Waals surface area (Å²) < 4.78 is 18.4. The maximum Gasteiger partial charge on any atom is 0.173 e. The molecule has 0 aromatic heterocycles. The molecule has 3 aliphatic rings. The minimum absolute atomic E-state index is 0.250. The average molecular weight is 307 g/mol. The SMILES string of the molecule is Fc1cccc(NC(=S)N2CC3(C2)CN(C2COC2)C3)c1. The number of nitrogens with zero attached hydrogens (tertiary/aromatic N) is 2. The summed E-state index contributed by atoms with van der Waals surface area (Å²) in [5, 5.41) is 3.80. The molecule has 21 heavy (non-hydrogen) atoms. The van der Waals surface area contributed by atoms with Gasteiger partial charge in [-0.2, -0.15) is 0 Å². The summed E-state index contributed by atoms with van der Waals surface area (Å²) in [4.78, 5) is 4.67. The number of thiocarbonyl (C=S) groups is 1. The van der Waals surface area contributed by atoms with Crippen molar-refractivity contribution in [2.75, 3.05) is 44.7 Å². The van der Waals surface area contributed by atoms with E-state index in [-0.39, 0.29) is 5.82 Å². The monoisotopic (exact) mass is 307 g/mol. The zero-order valence-corrected chi connectivity index (χ0v) is 12.5. The first-order valence-corrected chi connectivity index (χ1v) is 7.68. The lowest BCUT2D eigenvalue weighted by atomic mass is 9.72. The van der Waals surface area contributed by atoms with Gasteiger partial charge in [-0.3, -0.25) is 4.90 Å². The van der Waals surface area contributed by atoms with Crippen LogP contribution in [0.15, 0.2) is 24.3 Å². The molecule has 4 nitrogen and oxygen atoms in total. The van der Waals surface area contributed by atoms with E-state index >= 15 is 0 Å². The third-order valence-electron chi connectivity index (χ3n) is 4.63. The highest BCUT2D eigenvalue weighted by molar-refractivity contribution is 7.80. The van der Waals surface area contributed by atoms with E-state index in [2.05, 4.69) is 15.1 Å². The van der Waals surface area contributed by atoms with E-state index in [4.69, 9.17) is 17.0 Å². The van der Waals surface area contributed by atoms with Crippen LogP contribution in [0.1, 0.15) is 0 Å². The van der Waals surface area contributed by atoms with Crippen LogP contribution in [-0.2, 0) is 4.74 Å². The van der Waals surface area contributed by atoms with Crippen LogP contribution < -0.4 is 5.32 Å². The van der Waals surface area contributed by atoms with Crippen molar-refractivity contribution >= 4 is 23.0 Å². The highest BCUT2D eigenvalue weighted by Gasteiger charge is 2.54. The number of halogens is 1. The van der Waals surface area contributed by atoms with Gasteiger partial charge in [-0.25, -0.2) is 4.39 Å². The molecule has 1 N–H and O–H groups in total. The molecule has 1 aromatic rings. The molecule has 3 fully saturated rings. The summed E-state index contributed by atoms with van der Waals surface area (Å²) in [5.74, 6) is -0.250. The van der Waals surface area contributed by atoms with Crippen molar-refractivity contribution in [3.05, 3.63) is 30.1 Å². The fraction of sp³-hybridized carbons (Fsp3) is 0.533. The van der Waals surface area contributed by atoms with E-state index in [1.54, 1.807) is 6.07 Å². The van der Waals surface area contributed by atoms with E-state index in [9.17, 15) is 4.39 Å². The van der Waals surface area contributed by atoms with Gasteiger partial charge in [-0.15, -0.1) is 0 Å². The molecule has 1 spiro atoms. The molecule has 3 heterocycles. The van der Waals surface area contributed by atoms with Gasteiger partial charge in [0, 0.05) is 37.3 Å². The van der Waals surface area contributed by atoms with Crippen LogP contribution in [-0.4, -0.2) is 60.3 Å². The average Bonchev–Trinajstić information content (AvgIpc) is 2.27. The fourth-order valence-electron chi connectivity index (χ4n) is 3.38. The van der Waals surface area contributed by atoms with Crippen molar-refractivity contribution in [1.29, 1.82) is 0 Å². The second-order valence-corrected chi connectivity index (χ2v) is 6.78. The highest BCUT2D eigenvalue weighted by Crippen LogP contribution is 2.41. The number of nitrogens with one attached hydrogen (secondary N) is 1. The van der Waals surface area contributed by atoms with Crippen LogP contribution in [0.3, 0.4) is 0 Å². The Bertz CT molecular complexity index is 564. The Morgan fingerprint density at radius 3 is 2.67 bits per heavy atom. The smallest absolute Gasteiger partial charge is 0.173 e. The normalized spacial score (nSPS) is 24.1. The van der Waals surface area contributed by atoms with Gasteiger partial charge in [-0.05, 0) is 30.4 Å². The summed E-state index contributed by atoms with van der Waals surface area (Å²) in [6.45, 7) is 6.08. The molecule has 0 unspecified atom stereocenters. The molecule has 0 atom stereocenters. The van der Waals surface area contributed by atoms with Crippen LogP contribution in [0.5, 0.6) is 0 Å². The van der Waals surface area contributed by atoms with Crippen LogP contribution in [0.4, 0.5) is 10.1 Å². The van der Waals surface area contributed by atoms with Crippen molar-refractivity contribution in [1.82, 2.24) is 9.80 Å². The van der Waals surface area contributed by atoms with Gasteiger partial charge in [0.05, 0.1) is 19.3 Å². The van der Waals surface area contributed by atoms with Crippen LogP contribution in [0, 0.1) is 11.2 Å². The number of ether oxygens (including phenoxy) is 1. The van der Waals surface area contributed by atoms with Crippen molar-refractivity contribution < 1.29 is 9.13 Å². The lowest BCUT2D eigenvalue weighted by Gasteiger charge is -2.63. The minimum atomic E-state index is -0.250. The first-order chi connectivity index (χ1) is 10.1. The second-order valence-electron chi connectivity index (χ2n) is 6.39. The van der Waals surface area contributed by atoms with Crippen LogP contribution in [0.2, 0.25) is 0 Å². The van der Waals surface area contributed by atoms with Crippen molar-refractivity contribution in [2.24, 2.45) is 5.41 Å². The summed E-state index contributed by atoms with van der Waals surface area (Å²) in [7, 11) is 0. The first kappa shape index (κ1) is 13.4. The molecule has 6 heteroatoms. The maximum absolute atomic E-state index is 13.1. The van der Waals surface area contributed by atoms with Gasteiger partial charge < -0.3 is 15.0 Å². The summed E-state index contributed by atoms with van der Waals surface area (Å²) >= 11 is 5.40. The third-order valence-corrected chi connectivity index (χ3v) is 4.99. The topological polar surface area (TPSA) is 27.7 Å².